The van der Waals surface area contributed by atoms with E-state index in [0.717, 1.165) is 0 Å². The van der Waals surface area contributed by atoms with E-state index < -0.39 is 17.5 Å². The molecule has 2 rings (SSSR count). The molecule has 154 valence electrons. The summed E-state index contributed by atoms with van der Waals surface area (Å²) >= 11 is 0. The molecule has 8 nitrogen and oxygen atoms in total. The van der Waals surface area contributed by atoms with E-state index in [-0.39, 0.29) is 42.3 Å². The standard InChI is InChI=1S/C21H22O8/c1-3-17(22)21(26)29-10-4-9-28-14-6-8-16(19(24)12-14)20(25)15-7-5-13(27-2)11-18(15)23/h5-8,11-12,23-24H,3-4,9-10H2,1-2H3. The van der Waals surface area contributed by atoms with Crippen LogP contribution in [0.2, 0.25) is 0 Å². The van der Waals surface area contributed by atoms with Crippen LogP contribution in [0, 0.1) is 0 Å². The van der Waals surface area contributed by atoms with E-state index in [0.29, 0.717) is 17.9 Å². The van der Waals surface area contributed by atoms with E-state index in [9.17, 15) is 24.6 Å². The number of Topliss-reactive ketones (excluding diaryl/α,β-unsaturated/α-hetero) is 1. The van der Waals surface area contributed by atoms with Gasteiger partial charge in [0.1, 0.15) is 23.0 Å². The predicted octanol–water partition coefficient (Wildman–Crippen LogP) is 2.63. The first kappa shape index (κ1) is 21.7. The van der Waals surface area contributed by atoms with Crippen LogP contribution in [0.25, 0.3) is 0 Å². The van der Waals surface area contributed by atoms with Crippen molar-refractivity contribution in [3.8, 4) is 23.0 Å². The molecule has 0 radical (unpaired) electrons. The number of rotatable bonds is 10. The molecule has 0 unspecified atom stereocenters. The van der Waals surface area contributed by atoms with E-state index in [1.807, 2.05) is 0 Å². The quantitative estimate of drug-likeness (QED) is 0.269. The molecule has 0 spiro atoms. The van der Waals surface area contributed by atoms with Crippen LogP contribution >= 0.6 is 0 Å². The highest BCUT2D eigenvalue weighted by molar-refractivity contribution is 6.33. The zero-order chi connectivity index (χ0) is 21.4. The molecular formula is C21H22O8. The molecule has 0 aliphatic rings. The van der Waals surface area contributed by atoms with Gasteiger partial charge in [-0.15, -0.1) is 0 Å². The van der Waals surface area contributed by atoms with Crippen LogP contribution in [0.1, 0.15) is 35.7 Å². The number of methoxy groups -OCH3 is 1. The average molecular weight is 402 g/mol. The highest BCUT2D eigenvalue weighted by Crippen LogP contribution is 2.30. The predicted molar refractivity (Wildman–Crippen MR) is 103 cm³/mol. The van der Waals surface area contributed by atoms with Crippen LogP contribution in [-0.4, -0.2) is 48.1 Å². The lowest BCUT2D eigenvalue weighted by Gasteiger charge is -2.10. The topological polar surface area (TPSA) is 119 Å². The maximum absolute atomic E-state index is 12.6. The lowest BCUT2D eigenvalue weighted by atomic mass is 10.0. The molecule has 0 heterocycles. The van der Waals surface area contributed by atoms with Crippen LogP contribution in [0.5, 0.6) is 23.0 Å². The molecule has 0 aromatic heterocycles. The molecule has 29 heavy (non-hydrogen) atoms. The molecule has 0 saturated heterocycles. The summed E-state index contributed by atoms with van der Waals surface area (Å²) in [6.45, 7) is 1.78. The van der Waals surface area contributed by atoms with E-state index in [1.165, 1.54) is 43.5 Å². The van der Waals surface area contributed by atoms with Gasteiger partial charge in [-0.2, -0.15) is 0 Å². The summed E-state index contributed by atoms with van der Waals surface area (Å²) in [5, 5.41) is 20.2. The third kappa shape index (κ3) is 5.71. The monoisotopic (exact) mass is 402 g/mol. The molecule has 0 aliphatic heterocycles. The minimum atomic E-state index is -0.866. The molecule has 2 N–H and O–H groups in total. The first-order valence-corrected chi connectivity index (χ1v) is 8.94. The molecule has 0 saturated carbocycles. The number of carbonyl (C=O) groups excluding carboxylic acids is 3. The highest BCUT2D eigenvalue weighted by Gasteiger charge is 2.18. The third-order valence-electron chi connectivity index (χ3n) is 4.00. The Labute approximate surface area is 167 Å². The van der Waals surface area contributed by atoms with Gasteiger partial charge < -0.3 is 24.4 Å². The fraction of sp³-hybridized carbons (Fsp3) is 0.286. The fourth-order valence-corrected chi connectivity index (χ4v) is 2.41. The van der Waals surface area contributed by atoms with Crippen molar-refractivity contribution in [1.29, 1.82) is 0 Å². The molecule has 2 aromatic carbocycles. The van der Waals surface area contributed by atoms with Crippen LogP contribution in [0.4, 0.5) is 0 Å². The molecule has 0 fully saturated rings. The van der Waals surface area contributed by atoms with Crippen LogP contribution in [0.3, 0.4) is 0 Å². The van der Waals surface area contributed by atoms with Gasteiger partial charge in [-0.25, -0.2) is 4.79 Å². The summed E-state index contributed by atoms with van der Waals surface area (Å²) < 4.78 is 15.2. The van der Waals surface area contributed by atoms with E-state index >= 15 is 0 Å². The second-order valence-corrected chi connectivity index (χ2v) is 6.01. The number of hydrogen-bond acceptors (Lipinski definition) is 8. The number of benzene rings is 2. The number of esters is 1. The smallest absolute Gasteiger partial charge is 0.374 e. The first-order chi connectivity index (χ1) is 13.9. The van der Waals surface area contributed by atoms with E-state index in [2.05, 4.69) is 0 Å². The maximum atomic E-state index is 12.6. The zero-order valence-corrected chi connectivity index (χ0v) is 16.1. The number of phenols is 2. The fourth-order valence-electron chi connectivity index (χ4n) is 2.41. The number of phenolic OH excluding ortho intramolecular Hbond substituents is 2. The minimum Gasteiger partial charge on any atom is -0.507 e. The lowest BCUT2D eigenvalue weighted by Crippen LogP contribution is -2.17. The van der Waals surface area contributed by atoms with Crippen molar-refractivity contribution in [2.24, 2.45) is 0 Å². The first-order valence-electron chi connectivity index (χ1n) is 8.94. The second kappa shape index (κ2) is 10.1. The molecule has 0 amide bonds. The van der Waals surface area contributed by atoms with Gasteiger partial charge in [0.25, 0.3) is 0 Å². The summed E-state index contributed by atoms with van der Waals surface area (Å²) in [5.74, 6) is -1.85. The van der Waals surface area contributed by atoms with Crippen molar-refractivity contribution in [2.75, 3.05) is 20.3 Å². The Morgan fingerprint density at radius 1 is 0.897 bits per heavy atom. The van der Waals surface area contributed by atoms with Crippen LogP contribution in [0.15, 0.2) is 36.4 Å². The summed E-state index contributed by atoms with van der Waals surface area (Å²) in [5.41, 5.74) is 0.0306. The summed E-state index contributed by atoms with van der Waals surface area (Å²) in [4.78, 5) is 34.9. The zero-order valence-electron chi connectivity index (χ0n) is 16.1. The van der Waals surface area contributed by atoms with Crippen molar-refractivity contribution in [3.05, 3.63) is 47.5 Å². The Kier molecular flexibility index (Phi) is 7.59. The molecule has 0 aliphatic carbocycles. The number of hydrogen-bond donors (Lipinski definition) is 2. The van der Waals surface area contributed by atoms with Crippen LogP contribution < -0.4 is 9.47 Å². The van der Waals surface area contributed by atoms with E-state index in [4.69, 9.17) is 14.2 Å². The Morgan fingerprint density at radius 2 is 1.48 bits per heavy atom. The molecule has 2 aromatic rings. The van der Waals surface area contributed by atoms with Gasteiger partial charge in [0.2, 0.25) is 5.78 Å². The summed E-state index contributed by atoms with van der Waals surface area (Å²) in [6.07, 6.45) is 0.442. The number of ketones is 2. The van der Waals surface area contributed by atoms with Crippen molar-refractivity contribution in [2.45, 2.75) is 19.8 Å². The Morgan fingerprint density at radius 3 is 2.03 bits per heavy atom. The van der Waals surface area contributed by atoms with E-state index in [1.54, 1.807) is 6.92 Å². The average Bonchev–Trinajstić information content (AvgIpc) is 2.72. The molecule has 0 bridgehead atoms. The lowest BCUT2D eigenvalue weighted by molar-refractivity contribution is -0.153. The summed E-state index contributed by atoms with van der Waals surface area (Å²) in [6, 6.07) is 8.41. The highest BCUT2D eigenvalue weighted by atomic mass is 16.5. The van der Waals surface area contributed by atoms with Gasteiger partial charge >= 0.3 is 5.97 Å². The largest absolute Gasteiger partial charge is 0.507 e. The SMILES string of the molecule is CCC(=O)C(=O)OCCCOc1ccc(C(=O)c2ccc(OC)cc2O)c(O)c1. The van der Waals surface area contributed by atoms with Gasteiger partial charge in [-0.3, -0.25) is 9.59 Å². The number of ether oxygens (including phenoxy) is 3. The number of aromatic hydroxyl groups is 2. The Balaban J connectivity index is 1.94. The van der Waals surface area contributed by atoms with Crippen molar-refractivity contribution in [3.63, 3.8) is 0 Å². The Hall–Kier alpha value is -3.55. The normalized spacial score (nSPS) is 10.3. The van der Waals surface area contributed by atoms with Crippen molar-refractivity contribution in [1.82, 2.24) is 0 Å². The summed E-state index contributed by atoms with van der Waals surface area (Å²) in [7, 11) is 1.44. The van der Waals surface area contributed by atoms with Crippen LogP contribution in [-0.2, 0) is 14.3 Å². The van der Waals surface area contributed by atoms with Gasteiger partial charge in [-0.1, -0.05) is 6.92 Å². The minimum absolute atomic E-state index is 0.00447. The molecule has 0 atom stereocenters. The maximum Gasteiger partial charge on any atom is 0.374 e. The molecule has 8 heteroatoms. The van der Waals surface area contributed by atoms with Crippen molar-refractivity contribution < 1.29 is 38.8 Å². The van der Waals surface area contributed by atoms with Gasteiger partial charge in [0.05, 0.1) is 31.5 Å². The number of carbonyl (C=O) groups is 3. The van der Waals surface area contributed by atoms with Crippen molar-refractivity contribution >= 4 is 17.5 Å². The Bertz CT molecular complexity index is 904. The van der Waals surface area contributed by atoms with Gasteiger partial charge in [-0.05, 0) is 24.3 Å². The second-order valence-electron chi connectivity index (χ2n) is 6.01. The van der Waals surface area contributed by atoms with Gasteiger partial charge in [0, 0.05) is 25.0 Å². The van der Waals surface area contributed by atoms with Gasteiger partial charge in [0.15, 0.2) is 5.78 Å². The molecular weight excluding hydrogens is 380 g/mol. The third-order valence-corrected chi connectivity index (χ3v) is 4.00.